The number of carbonyl (C=O) groups is 2. The van der Waals surface area contributed by atoms with Gasteiger partial charge in [-0.2, -0.15) is 0 Å². The molecule has 0 bridgehead atoms. The van der Waals surface area contributed by atoms with Crippen LogP contribution in [0.4, 0.5) is 0 Å². The Morgan fingerprint density at radius 3 is 2.53 bits per heavy atom. The van der Waals surface area contributed by atoms with Crippen molar-refractivity contribution in [2.45, 2.75) is 19.9 Å². The molecule has 3 aromatic rings. The number of nitrogens with one attached hydrogen (secondary N) is 1. The second-order valence-electron chi connectivity index (χ2n) is 6.73. The summed E-state index contributed by atoms with van der Waals surface area (Å²) in [6.45, 7) is 3.87. The summed E-state index contributed by atoms with van der Waals surface area (Å²) < 4.78 is 15.8. The Labute approximate surface area is 175 Å². The van der Waals surface area contributed by atoms with Gasteiger partial charge in [0, 0.05) is 0 Å². The van der Waals surface area contributed by atoms with E-state index in [2.05, 4.69) is 5.32 Å². The molecular weight excluding hydrogens is 382 g/mol. The molecule has 1 atom stereocenters. The van der Waals surface area contributed by atoms with Crippen molar-refractivity contribution in [2.75, 3.05) is 20.3 Å². The zero-order valence-electron chi connectivity index (χ0n) is 17.3. The first kappa shape index (κ1) is 21.2. The molecule has 0 aliphatic carbocycles. The van der Waals surface area contributed by atoms with Gasteiger partial charge in [0.05, 0.1) is 25.3 Å². The Morgan fingerprint density at radius 1 is 1.00 bits per heavy atom. The molecule has 0 heterocycles. The van der Waals surface area contributed by atoms with E-state index >= 15 is 0 Å². The van der Waals surface area contributed by atoms with Crippen LogP contribution in [0.15, 0.2) is 60.7 Å². The van der Waals surface area contributed by atoms with Crippen LogP contribution in [0.25, 0.3) is 10.8 Å². The predicted octanol–water partition coefficient (Wildman–Crippen LogP) is 4.28. The van der Waals surface area contributed by atoms with Crippen LogP contribution in [-0.2, 0) is 9.53 Å². The van der Waals surface area contributed by atoms with Gasteiger partial charge in [0.15, 0.2) is 18.1 Å². The highest BCUT2D eigenvalue weighted by Gasteiger charge is 2.16. The topological polar surface area (TPSA) is 73.9 Å². The Balaban J connectivity index is 1.61. The van der Waals surface area contributed by atoms with E-state index in [1.165, 1.54) is 13.2 Å². The van der Waals surface area contributed by atoms with E-state index < -0.39 is 5.97 Å². The van der Waals surface area contributed by atoms with Crippen molar-refractivity contribution < 1.29 is 23.8 Å². The highest BCUT2D eigenvalue weighted by Crippen LogP contribution is 2.28. The average molecular weight is 407 g/mol. The van der Waals surface area contributed by atoms with E-state index in [0.29, 0.717) is 18.1 Å². The van der Waals surface area contributed by atoms with E-state index in [0.717, 1.165) is 16.3 Å². The van der Waals surface area contributed by atoms with E-state index in [9.17, 15) is 9.59 Å². The fraction of sp³-hybridized carbons (Fsp3) is 0.250. The summed E-state index contributed by atoms with van der Waals surface area (Å²) in [6.07, 6.45) is 0. The number of ether oxygens (including phenoxy) is 3. The summed E-state index contributed by atoms with van der Waals surface area (Å²) in [5, 5.41) is 5.06. The molecule has 0 aliphatic rings. The second-order valence-corrected chi connectivity index (χ2v) is 6.73. The first-order valence-corrected chi connectivity index (χ1v) is 9.78. The summed E-state index contributed by atoms with van der Waals surface area (Å²) in [7, 11) is 1.50. The lowest BCUT2D eigenvalue weighted by Gasteiger charge is -2.17. The maximum atomic E-state index is 12.3. The summed E-state index contributed by atoms with van der Waals surface area (Å²) in [4.78, 5) is 24.6. The van der Waals surface area contributed by atoms with Crippen LogP contribution in [0.5, 0.6) is 11.5 Å². The lowest BCUT2D eigenvalue weighted by molar-refractivity contribution is -0.124. The molecule has 6 heteroatoms. The number of rotatable bonds is 8. The lowest BCUT2D eigenvalue weighted by Crippen LogP contribution is -2.31. The zero-order chi connectivity index (χ0) is 21.5. The third kappa shape index (κ3) is 4.89. The molecule has 1 N–H and O–H groups in total. The molecule has 0 saturated heterocycles. The molecular formula is C24H25NO5. The van der Waals surface area contributed by atoms with Crippen molar-refractivity contribution in [3.05, 3.63) is 71.8 Å². The number of carbonyl (C=O) groups excluding carboxylic acids is 2. The van der Waals surface area contributed by atoms with Gasteiger partial charge in [-0.05, 0) is 48.4 Å². The molecule has 0 saturated carbocycles. The van der Waals surface area contributed by atoms with Gasteiger partial charge in [0.2, 0.25) is 0 Å². The molecule has 6 nitrogen and oxygen atoms in total. The van der Waals surface area contributed by atoms with E-state index in [-0.39, 0.29) is 24.1 Å². The van der Waals surface area contributed by atoms with Crippen LogP contribution >= 0.6 is 0 Å². The van der Waals surface area contributed by atoms with Crippen molar-refractivity contribution >= 4 is 22.6 Å². The number of methoxy groups -OCH3 is 1. The lowest BCUT2D eigenvalue weighted by atomic mass is 10.00. The quantitative estimate of drug-likeness (QED) is 0.564. The van der Waals surface area contributed by atoms with Crippen LogP contribution in [-0.4, -0.2) is 32.2 Å². The van der Waals surface area contributed by atoms with Gasteiger partial charge in [-0.25, -0.2) is 4.79 Å². The fourth-order valence-electron chi connectivity index (χ4n) is 3.27. The first-order valence-electron chi connectivity index (χ1n) is 9.78. The van der Waals surface area contributed by atoms with Crippen molar-refractivity contribution in [1.29, 1.82) is 0 Å². The maximum Gasteiger partial charge on any atom is 0.338 e. The minimum Gasteiger partial charge on any atom is -0.493 e. The Kier molecular flexibility index (Phi) is 6.91. The highest BCUT2D eigenvalue weighted by atomic mass is 16.5. The third-order valence-corrected chi connectivity index (χ3v) is 4.70. The molecule has 30 heavy (non-hydrogen) atoms. The smallest absolute Gasteiger partial charge is 0.338 e. The van der Waals surface area contributed by atoms with Crippen molar-refractivity contribution in [1.82, 2.24) is 5.32 Å². The second kappa shape index (κ2) is 9.78. The summed E-state index contributed by atoms with van der Waals surface area (Å²) in [5.41, 5.74) is 1.29. The molecule has 3 aromatic carbocycles. The number of esters is 1. The van der Waals surface area contributed by atoms with Gasteiger partial charge in [0.25, 0.3) is 5.91 Å². The predicted molar refractivity (Wildman–Crippen MR) is 115 cm³/mol. The minimum absolute atomic E-state index is 0.229. The molecule has 0 unspecified atom stereocenters. The number of hydrogen-bond donors (Lipinski definition) is 1. The monoisotopic (exact) mass is 407 g/mol. The van der Waals surface area contributed by atoms with Crippen molar-refractivity contribution in [3.8, 4) is 11.5 Å². The highest BCUT2D eigenvalue weighted by molar-refractivity contribution is 5.92. The van der Waals surface area contributed by atoms with Gasteiger partial charge in [0.1, 0.15) is 0 Å². The number of hydrogen-bond acceptors (Lipinski definition) is 5. The van der Waals surface area contributed by atoms with Gasteiger partial charge < -0.3 is 19.5 Å². The van der Waals surface area contributed by atoms with Crippen LogP contribution < -0.4 is 14.8 Å². The molecule has 156 valence electrons. The third-order valence-electron chi connectivity index (χ3n) is 4.70. The van der Waals surface area contributed by atoms with Crippen LogP contribution in [0.2, 0.25) is 0 Å². The number of amides is 1. The molecule has 0 aliphatic heterocycles. The average Bonchev–Trinajstić information content (AvgIpc) is 2.77. The van der Waals surface area contributed by atoms with Crippen LogP contribution in [0.3, 0.4) is 0 Å². The molecule has 0 spiro atoms. The minimum atomic E-state index is -0.607. The SMILES string of the molecule is CCOc1ccc(C(=O)OCC(=O)N[C@@H](C)c2cccc3ccccc23)cc1OC. The summed E-state index contributed by atoms with van der Waals surface area (Å²) >= 11 is 0. The summed E-state index contributed by atoms with van der Waals surface area (Å²) in [5.74, 6) is -0.00969. The van der Waals surface area contributed by atoms with Gasteiger partial charge in [-0.1, -0.05) is 42.5 Å². The Morgan fingerprint density at radius 2 is 1.77 bits per heavy atom. The van der Waals surface area contributed by atoms with E-state index in [1.807, 2.05) is 56.3 Å². The van der Waals surface area contributed by atoms with Crippen molar-refractivity contribution in [3.63, 3.8) is 0 Å². The molecule has 1 amide bonds. The van der Waals surface area contributed by atoms with E-state index in [1.54, 1.807) is 12.1 Å². The molecule has 0 aromatic heterocycles. The largest absolute Gasteiger partial charge is 0.493 e. The fourth-order valence-corrected chi connectivity index (χ4v) is 3.27. The van der Waals surface area contributed by atoms with Gasteiger partial charge >= 0.3 is 5.97 Å². The molecule has 3 rings (SSSR count). The van der Waals surface area contributed by atoms with E-state index in [4.69, 9.17) is 14.2 Å². The maximum absolute atomic E-state index is 12.3. The normalized spacial score (nSPS) is 11.6. The van der Waals surface area contributed by atoms with Crippen LogP contribution in [0, 0.1) is 0 Å². The number of fused-ring (bicyclic) bond motifs is 1. The zero-order valence-corrected chi connectivity index (χ0v) is 17.3. The van der Waals surface area contributed by atoms with Gasteiger partial charge in [-0.15, -0.1) is 0 Å². The summed E-state index contributed by atoms with van der Waals surface area (Å²) in [6, 6.07) is 18.5. The molecule has 0 radical (unpaired) electrons. The van der Waals surface area contributed by atoms with Crippen LogP contribution in [0.1, 0.15) is 35.8 Å². The first-order chi connectivity index (χ1) is 14.5. The Bertz CT molecular complexity index is 1040. The standard InChI is InChI=1S/C24H25NO5/c1-4-29-21-13-12-18(14-22(21)28-3)24(27)30-15-23(26)25-16(2)19-11-7-9-17-8-5-6-10-20(17)19/h5-14,16H,4,15H2,1-3H3,(H,25,26)/t16-/m0/s1. The number of benzene rings is 3. The van der Waals surface area contributed by atoms with Crippen molar-refractivity contribution in [2.24, 2.45) is 0 Å². The Hall–Kier alpha value is -3.54. The van der Waals surface area contributed by atoms with Gasteiger partial charge in [-0.3, -0.25) is 4.79 Å². The molecule has 0 fully saturated rings.